The number of anilines is 1. The van der Waals surface area contributed by atoms with Crippen molar-refractivity contribution in [3.05, 3.63) is 102 Å². The van der Waals surface area contributed by atoms with E-state index in [4.69, 9.17) is 9.26 Å². The standard InChI is InChI=1S/C24H21N3O4S/c1-18-15-24(26-31-18)27-32(28,29)23-13-9-21(10-14-23)25-16-19-7-11-22(12-8-19)30-17-20-5-3-2-4-6-20/h2-16H,17H2,1H3,(H,26,27). The molecule has 7 nitrogen and oxygen atoms in total. The molecule has 0 saturated carbocycles. The summed E-state index contributed by atoms with van der Waals surface area (Å²) in [5, 5.41) is 3.64. The van der Waals surface area contributed by atoms with Gasteiger partial charge >= 0.3 is 0 Å². The van der Waals surface area contributed by atoms with E-state index in [9.17, 15) is 8.42 Å². The molecule has 8 heteroatoms. The fourth-order valence-electron chi connectivity index (χ4n) is 2.86. The molecule has 0 aliphatic carbocycles. The minimum Gasteiger partial charge on any atom is -0.489 e. The molecule has 0 unspecified atom stereocenters. The van der Waals surface area contributed by atoms with E-state index in [0.717, 1.165) is 16.9 Å². The SMILES string of the molecule is Cc1cc(NS(=O)(=O)c2ccc(N=Cc3ccc(OCc4ccccc4)cc3)cc2)no1. The van der Waals surface area contributed by atoms with Crippen molar-refractivity contribution in [3.8, 4) is 5.75 Å². The molecule has 4 rings (SSSR count). The molecule has 3 aromatic carbocycles. The number of benzene rings is 3. The Hall–Kier alpha value is -3.91. The summed E-state index contributed by atoms with van der Waals surface area (Å²) in [6.45, 7) is 2.19. The van der Waals surface area contributed by atoms with Gasteiger partial charge in [-0.15, -0.1) is 0 Å². The molecule has 1 N–H and O–H groups in total. The summed E-state index contributed by atoms with van der Waals surface area (Å²) in [4.78, 5) is 4.51. The number of sulfonamides is 1. The summed E-state index contributed by atoms with van der Waals surface area (Å²) in [6, 6.07) is 25.3. The Morgan fingerprint density at radius 2 is 1.72 bits per heavy atom. The van der Waals surface area contributed by atoms with E-state index in [1.165, 1.54) is 18.2 Å². The van der Waals surface area contributed by atoms with Crippen LogP contribution < -0.4 is 9.46 Å². The number of aliphatic imine (C=N–C) groups is 1. The first-order valence-electron chi connectivity index (χ1n) is 9.85. The maximum atomic E-state index is 12.4. The summed E-state index contributed by atoms with van der Waals surface area (Å²) in [5.74, 6) is 1.43. The second-order valence-corrected chi connectivity index (χ2v) is 8.71. The van der Waals surface area contributed by atoms with Crippen LogP contribution in [0.1, 0.15) is 16.9 Å². The van der Waals surface area contributed by atoms with Crippen LogP contribution in [0.3, 0.4) is 0 Å². The van der Waals surface area contributed by atoms with Gasteiger partial charge in [-0.3, -0.25) is 9.71 Å². The number of rotatable bonds is 8. The molecule has 0 saturated heterocycles. The first-order valence-corrected chi connectivity index (χ1v) is 11.3. The van der Waals surface area contributed by atoms with Gasteiger partial charge in [0.05, 0.1) is 10.6 Å². The van der Waals surface area contributed by atoms with Crippen LogP contribution in [0.15, 0.2) is 99.3 Å². The first kappa shape index (κ1) is 21.3. The number of nitrogens with one attached hydrogen (secondary N) is 1. The van der Waals surface area contributed by atoms with Crippen molar-refractivity contribution in [2.45, 2.75) is 18.4 Å². The minimum absolute atomic E-state index is 0.108. The lowest BCUT2D eigenvalue weighted by Crippen LogP contribution is -2.12. The van der Waals surface area contributed by atoms with Crippen LogP contribution in [-0.2, 0) is 16.6 Å². The molecule has 0 aliphatic heterocycles. The fraction of sp³-hybridized carbons (Fsp3) is 0.0833. The van der Waals surface area contributed by atoms with Crippen molar-refractivity contribution in [2.75, 3.05) is 4.72 Å². The normalized spacial score (nSPS) is 11.5. The van der Waals surface area contributed by atoms with Gasteiger partial charge in [0.2, 0.25) is 0 Å². The third kappa shape index (κ3) is 5.61. The molecule has 0 atom stereocenters. The van der Waals surface area contributed by atoms with Gasteiger partial charge in [0.1, 0.15) is 18.1 Å². The van der Waals surface area contributed by atoms with Gasteiger partial charge in [0.25, 0.3) is 10.0 Å². The van der Waals surface area contributed by atoms with Crippen molar-refractivity contribution in [1.82, 2.24) is 5.16 Å². The van der Waals surface area contributed by atoms with E-state index >= 15 is 0 Å². The highest BCUT2D eigenvalue weighted by Gasteiger charge is 2.16. The van der Waals surface area contributed by atoms with Crippen molar-refractivity contribution in [3.63, 3.8) is 0 Å². The van der Waals surface area contributed by atoms with Crippen molar-refractivity contribution >= 4 is 27.7 Å². The van der Waals surface area contributed by atoms with Crippen molar-refractivity contribution < 1.29 is 17.7 Å². The molecule has 0 spiro atoms. The summed E-state index contributed by atoms with van der Waals surface area (Å²) >= 11 is 0. The summed E-state index contributed by atoms with van der Waals surface area (Å²) < 4.78 is 37.9. The second kappa shape index (κ2) is 9.49. The van der Waals surface area contributed by atoms with Crippen LogP contribution >= 0.6 is 0 Å². The lowest BCUT2D eigenvalue weighted by Gasteiger charge is -2.06. The van der Waals surface area contributed by atoms with E-state index in [1.807, 2.05) is 54.6 Å². The monoisotopic (exact) mass is 447 g/mol. The Bertz CT molecular complexity index is 1300. The minimum atomic E-state index is -3.75. The molecule has 0 fully saturated rings. The van der Waals surface area contributed by atoms with Gasteiger partial charge in [-0.1, -0.05) is 35.5 Å². The van der Waals surface area contributed by atoms with E-state index in [0.29, 0.717) is 18.1 Å². The molecule has 0 aliphatic rings. The molecule has 0 bridgehead atoms. The van der Waals surface area contributed by atoms with Crippen LogP contribution in [0.25, 0.3) is 0 Å². The highest BCUT2D eigenvalue weighted by molar-refractivity contribution is 7.92. The number of aromatic nitrogens is 1. The number of hydrogen-bond donors (Lipinski definition) is 1. The molecule has 162 valence electrons. The molecule has 32 heavy (non-hydrogen) atoms. The molecule has 4 aromatic rings. The first-order chi connectivity index (χ1) is 15.5. The maximum absolute atomic E-state index is 12.4. The Balaban J connectivity index is 1.36. The maximum Gasteiger partial charge on any atom is 0.263 e. The highest BCUT2D eigenvalue weighted by atomic mass is 32.2. The Labute approximate surface area is 186 Å². The summed E-state index contributed by atoms with van der Waals surface area (Å²) in [6.07, 6.45) is 1.71. The molecule has 0 radical (unpaired) electrons. The van der Waals surface area contributed by atoms with Crippen molar-refractivity contribution in [2.24, 2.45) is 4.99 Å². The Kier molecular flexibility index (Phi) is 6.32. The van der Waals surface area contributed by atoms with E-state index in [-0.39, 0.29) is 10.7 Å². The predicted octanol–water partition coefficient (Wildman–Crippen LogP) is 5.11. The summed E-state index contributed by atoms with van der Waals surface area (Å²) in [5.41, 5.74) is 2.64. The Morgan fingerprint density at radius 1 is 1.00 bits per heavy atom. The van der Waals surface area contributed by atoms with Crippen LogP contribution in [0.2, 0.25) is 0 Å². The molecule has 1 aromatic heterocycles. The van der Waals surface area contributed by atoms with Gasteiger partial charge in [0, 0.05) is 12.3 Å². The van der Waals surface area contributed by atoms with Crippen LogP contribution in [0.4, 0.5) is 11.5 Å². The average Bonchev–Trinajstić information content (AvgIpc) is 3.21. The molecule has 0 amide bonds. The van der Waals surface area contributed by atoms with Crippen LogP contribution in [-0.4, -0.2) is 19.8 Å². The van der Waals surface area contributed by atoms with Crippen molar-refractivity contribution in [1.29, 1.82) is 0 Å². The largest absolute Gasteiger partial charge is 0.489 e. The molecular formula is C24H21N3O4S. The third-order valence-corrected chi connectivity index (χ3v) is 5.88. The van der Waals surface area contributed by atoms with Crippen LogP contribution in [0, 0.1) is 6.92 Å². The van der Waals surface area contributed by atoms with E-state index in [2.05, 4.69) is 14.9 Å². The topological polar surface area (TPSA) is 93.8 Å². The van der Waals surface area contributed by atoms with Gasteiger partial charge in [-0.25, -0.2) is 8.42 Å². The predicted molar refractivity (Wildman–Crippen MR) is 123 cm³/mol. The highest BCUT2D eigenvalue weighted by Crippen LogP contribution is 2.20. The van der Waals surface area contributed by atoms with E-state index < -0.39 is 10.0 Å². The molecule has 1 heterocycles. The van der Waals surface area contributed by atoms with E-state index in [1.54, 1.807) is 25.3 Å². The summed E-state index contributed by atoms with van der Waals surface area (Å²) in [7, 11) is -3.75. The zero-order valence-corrected chi connectivity index (χ0v) is 18.1. The zero-order chi connectivity index (χ0) is 22.4. The lowest BCUT2D eigenvalue weighted by molar-refractivity contribution is 0.306. The smallest absolute Gasteiger partial charge is 0.263 e. The number of aryl methyl sites for hydroxylation is 1. The lowest BCUT2D eigenvalue weighted by atomic mass is 10.2. The van der Waals surface area contributed by atoms with Gasteiger partial charge in [-0.05, 0) is 66.6 Å². The zero-order valence-electron chi connectivity index (χ0n) is 17.3. The van der Waals surface area contributed by atoms with Crippen LogP contribution in [0.5, 0.6) is 5.75 Å². The van der Waals surface area contributed by atoms with Gasteiger partial charge < -0.3 is 9.26 Å². The number of hydrogen-bond acceptors (Lipinski definition) is 6. The number of ether oxygens (including phenoxy) is 1. The number of nitrogens with zero attached hydrogens (tertiary/aromatic N) is 2. The van der Waals surface area contributed by atoms with Gasteiger partial charge in [0.15, 0.2) is 5.82 Å². The Morgan fingerprint density at radius 3 is 2.38 bits per heavy atom. The second-order valence-electron chi connectivity index (χ2n) is 7.02. The van der Waals surface area contributed by atoms with Gasteiger partial charge in [-0.2, -0.15) is 0 Å². The average molecular weight is 448 g/mol. The third-order valence-electron chi connectivity index (χ3n) is 4.51. The fourth-order valence-corrected chi connectivity index (χ4v) is 3.85. The molecular weight excluding hydrogens is 426 g/mol. The quantitative estimate of drug-likeness (QED) is 0.379.